The quantitative estimate of drug-likeness (QED) is 0.756. The molecular weight excluding hydrogens is 190 g/mol. The molecule has 4 heteroatoms. The van der Waals surface area contributed by atoms with Gasteiger partial charge in [-0.2, -0.15) is 5.10 Å². The van der Waals surface area contributed by atoms with Gasteiger partial charge < -0.3 is 5.32 Å². The van der Waals surface area contributed by atoms with Crippen molar-refractivity contribution in [2.45, 2.75) is 39.8 Å². The van der Waals surface area contributed by atoms with Gasteiger partial charge in [0.15, 0.2) is 5.78 Å². The van der Waals surface area contributed by atoms with Gasteiger partial charge in [-0.15, -0.1) is 0 Å². The summed E-state index contributed by atoms with van der Waals surface area (Å²) >= 11 is 0. The Morgan fingerprint density at radius 3 is 3.07 bits per heavy atom. The number of nitrogens with zero attached hydrogens (tertiary/aromatic N) is 2. The molecule has 0 fully saturated rings. The molecule has 4 nitrogen and oxygen atoms in total. The van der Waals surface area contributed by atoms with Gasteiger partial charge in [0.25, 0.3) is 0 Å². The average molecular weight is 207 g/mol. The highest BCUT2D eigenvalue weighted by atomic mass is 16.1. The third-order valence-electron chi connectivity index (χ3n) is 2.74. The number of carbonyl (C=O) groups excluding carboxylic acids is 1. The van der Waals surface area contributed by atoms with E-state index in [4.69, 9.17) is 0 Å². The maximum atomic E-state index is 11.6. The topological polar surface area (TPSA) is 46.9 Å². The zero-order valence-corrected chi connectivity index (χ0v) is 9.34. The maximum absolute atomic E-state index is 11.6. The van der Waals surface area contributed by atoms with Gasteiger partial charge in [0, 0.05) is 38.5 Å². The van der Waals surface area contributed by atoms with Crippen LogP contribution in [0.3, 0.4) is 0 Å². The predicted molar refractivity (Wildman–Crippen MR) is 57.9 cm³/mol. The van der Waals surface area contributed by atoms with Crippen LogP contribution in [0.25, 0.3) is 0 Å². The minimum absolute atomic E-state index is 0.126. The Kier molecular flexibility index (Phi) is 2.86. The summed E-state index contributed by atoms with van der Waals surface area (Å²) < 4.78 is 1.88. The monoisotopic (exact) mass is 207 g/mol. The Balaban J connectivity index is 2.46. The van der Waals surface area contributed by atoms with Crippen LogP contribution in [-0.4, -0.2) is 22.1 Å². The molecule has 1 aromatic heterocycles. The molecule has 0 saturated carbocycles. The minimum Gasteiger partial charge on any atom is -0.312 e. The van der Waals surface area contributed by atoms with Gasteiger partial charge in [0.1, 0.15) is 5.69 Å². The summed E-state index contributed by atoms with van der Waals surface area (Å²) in [5, 5.41) is 7.80. The van der Waals surface area contributed by atoms with Crippen molar-refractivity contribution in [3.63, 3.8) is 0 Å². The normalized spacial score (nSPS) is 15.1. The molecule has 0 unspecified atom stereocenters. The minimum atomic E-state index is 0.126. The van der Waals surface area contributed by atoms with Gasteiger partial charge in [-0.1, -0.05) is 6.92 Å². The van der Waals surface area contributed by atoms with Crippen LogP contribution < -0.4 is 5.32 Å². The number of rotatable bonds is 3. The molecule has 2 rings (SSSR count). The number of hydrogen-bond acceptors (Lipinski definition) is 3. The molecule has 0 radical (unpaired) electrons. The molecule has 2 heterocycles. The summed E-state index contributed by atoms with van der Waals surface area (Å²) in [6.07, 6.45) is 1.95. The Morgan fingerprint density at radius 1 is 1.60 bits per heavy atom. The first-order valence-electron chi connectivity index (χ1n) is 5.54. The molecule has 0 aromatic carbocycles. The molecule has 1 N–H and O–H groups in total. The summed E-state index contributed by atoms with van der Waals surface area (Å²) in [6, 6.07) is 0. The van der Waals surface area contributed by atoms with Gasteiger partial charge in [-0.25, -0.2) is 0 Å². The first-order chi connectivity index (χ1) is 7.24. The molecular formula is C11H17N3O. The fourth-order valence-electron chi connectivity index (χ4n) is 2.12. The van der Waals surface area contributed by atoms with Crippen LogP contribution in [0.1, 0.15) is 42.0 Å². The van der Waals surface area contributed by atoms with Crippen molar-refractivity contribution in [1.29, 1.82) is 0 Å². The van der Waals surface area contributed by atoms with E-state index in [2.05, 4.69) is 17.3 Å². The third kappa shape index (κ3) is 1.81. The van der Waals surface area contributed by atoms with Crippen molar-refractivity contribution >= 4 is 5.78 Å². The Hall–Kier alpha value is -1.16. The van der Waals surface area contributed by atoms with Crippen LogP contribution in [-0.2, 0) is 19.5 Å². The number of ketones is 1. The zero-order valence-electron chi connectivity index (χ0n) is 9.34. The van der Waals surface area contributed by atoms with E-state index < -0.39 is 0 Å². The van der Waals surface area contributed by atoms with Crippen LogP contribution in [0.4, 0.5) is 0 Å². The SMILES string of the molecule is CCCn1nc2c(c1C(C)=O)CNCC2. The van der Waals surface area contributed by atoms with Crippen LogP contribution in [0, 0.1) is 0 Å². The summed E-state index contributed by atoms with van der Waals surface area (Å²) in [5.41, 5.74) is 3.02. The smallest absolute Gasteiger partial charge is 0.178 e. The number of aryl methyl sites for hydroxylation is 1. The Morgan fingerprint density at radius 2 is 2.40 bits per heavy atom. The highest BCUT2D eigenvalue weighted by Gasteiger charge is 2.22. The second-order valence-electron chi connectivity index (χ2n) is 3.98. The van der Waals surface area contributed by atoms with Crippen molar-refractivity contribution in [2.24, 2.45) is 0 Å². The Labute approximate surface area is 89.7 Å². The second kappa shape index (κ2) is 4.14. The summed E-state index contributed by atoms with van der Waals surface area (Å²) in [7, 11) is 0. The summed E-state index contributed by atoms with van der Waals surface area (Å²) in [4.78, 5) is 11.6. The molecule has 1 aliphatic heterocycles. The largest absolute Gasteiger partial charge is 0.312 e. The van der Waals surface area contributed by atoms with Gasteiger partial charge in [0.2, 0.25) is 0 Å². The van der Waals surface area contributed by atoms with Gasteiger partial charge in [-0.3, -0.25) is 9.48 Å². The maximum Gasteiger partial charge on any atom is 0.178 e. The lowest BCUT2D eigenvalue weighted by molar-refractivity contribution is 0.100. The molecule has 82 valence electrons. The van der Waals surface area contributed by atoms with E-state index in [-0.39, 0.29) is 5.78 Å². The fraction of sp³-hybridized carbons (Fsp3) is 0.636. The number of aromatic nitrogens is 2. The van der Waals surface area contributed by atoms with Crippen molar-refractivity contribution < 1.29 is 4.79 Å². The van der Waals surface area contributed by atoms with Crippen molar-refractivity contribution in [2.75, 3.05) is 6.54 Å². The zero-order chi connectivity index (χ0) is 10.8. The van der Waals surface area contributed by atoms with Crippen molar-refractivity contribution in [3.8, 4) is 0 Å². The lowest BCUT2D eigenvalue weighted by Gasteiger charge is -2.11. The fourth-order valence-corrected chi connectivity index (χ4v) is 2.12. The molecule has 0 atom stereocenters. The molecule has 0 bridgehead atoms. The van der Waals surface area contributed by atoms with Gasteiger partial charge in [-0.05, 0) is 6.42 Å². The molecule has 0 amide bonds. The first kappa shape index (κ1) is 10.4. The number of Topliss-reactive ketones (excluding diaryl/α,β-unsaturated/α-hetero) is 1. The second-order valence-corrected chi connectivity index (χ2v) is 3.98. The predicted octanol–water partition coefficient (Wildman–Crippen LogP) is 1.14. The van der Waals surface area contributed by atoms with Crippen LogP contribution in [0.15, 0.2) is 0 Å². The lowest BCUT2D eigenvalue weighted by Crippen LogP contribution is -2.24. The van der Waals surface area contributed by atoms with E-state index in [0.29, 0.717) is 0 Å². The number of nitrogens with one attached hydrogen (secondary N) is 1. The third-order valence-corrected chi connectivity index (χ3v) is 2.74. The van der Waals surface area contributed by atoms with E-state index in [1.54, 1.807) is 6.92 Å². The molecule has 1 aromatic rings. The van der Waals surface area contributed by atoms with E-state index in [1.807, 2.05) is 4.68 Å². The number of carbonyl (C=O) groups is 1. The first-order valence-corrected chi connectivity index (χ1v) is 5.54. The van der Waals surface area contributed by atoms with E-state index >= 15 is 0 Å². The van der Waals surface area contributed by atoms with E-state index in [1.165, 1.54) is 0 Å². The summed E-state index contributed by atoms with van der Waals surface area (Å²) in [6.45, 7) is 6.31. The number of fused-ring (bicyclic) bond motifs is 1. The molecule has 0 aliphatic carbocycles. The standard InChI is InChI=1S/C11H17N3O/c1-3-6-14-11(8(2)15)9-7-12-5-4-10(9)13-14/h12H,3-7H2,1-2H3. The van der Waals surface area contributed by atoms with Gasteiger partial charge >= 0.3 is 0 Å². The van der Waals surface area contributed by atoms with Crippen molar-refractivity contribution in [3.05, 3.63) is 17.0 Å². The lowest BCUT2D eigenvalue weighted by atomic mass is 10.1. The molecule has 1 aliphatic rings. The van der Waals surface area contributed by atoms with Crippen LogP contribution in [0.5, 0.6) is 0 Å². The van der Waals surface area contributed by atoms with Gasteiger partial charge in [0.05, 0.1) is 5.69 Å². The van der Waals surface area contributed by atoms with E-state index in [0.717, 1.165) is 49.4 Å². The molecule has 0 spiro atoms. The number of hydrogen-bond donors (Lipinski definition) is 1. The molecule has 0 saturated heterocycles. The Bertz CT molecular complexity index is 381. The molecule has 15 heavy (non-hydrogen) atoms. The highest BCUT2D eigenvalue weighted by molar-refractivity contribution is 5.94. The van der Waals surface area contributed by atoms with Crippen LogP contribution >= 0.6 is 0 Å². The highest BCUT2D eigenvalue weighted by Crippen LogP contribution is 2.18. The van der Waals surface area contributed by atoms with Crippen LogP contribution in [0.2, 0.25) is 0 Å². The van der Waals surface area contributed by atoms with E-state index in [9.17, 15) is 4.79 Å². The van der Waals surface area contributed by atoms with Crippen molar-refractivity contribution in [1.82, 2.24) is 15.1 Å². The summed E-state index contributed by atoms with van der Waals surface area (Å²) in [5.74, 6) is 0.126. The average Bonchev–Trinajstić information content (AvgIpc) is 2.56.